The Morgan fingerprint density at radius 3 is 2.26 bits per heavy atom. The number of ether oxygens (including phenoxy) is 1. The van der Waals surface area contributed by atoms with Crippen molar-refractivity contribution in [2.24, 2.45) is 0 Å². The first-order chi connectivity index (χ1) is 14.8. The lowest BCUT2D eigenvalue weighted by Crippen LogP contribution is -2.12. The van der Waals surface area contributed by atoms with E-state index in [-0.39, 0.29) is 5.91 Å². The second kappa shape index (κ2) is 10.3. The Morgan fingerprint density at radius 1 is 0.935 bits per heavy atom. The van der Waals surface area contributed by atoms with Crippen LogP contribution in [0.5, 0.6) is 5.75 Å². The molecule has 3 aromatic carbocycles. The first-order valence-electron chi connectivity index (χ1n) is 9.68. The smallest absolute Gasteiger partial charge is 0.336 e. The van der Waals surface area contributed by atoms with Crippen LogP contribution in [0, 0.1) is 0 Å². The van der Waals surface area contributed by atoms with E-state index >= 15 is 0 Å². The molecular weight excluding hydrogens is 433 g/mol. The lowest BCUT2D eigenvalue weighted by molar-refractivity contribution is -0.128. The number of benzene rings is 3. The van der Waals surface area contributed by atoms with Crippen molar-refractivity contribution in [3.05, 3.63) is 99.5 Å². The summed E-state index contributed by atoms with van der Waals surface area (Å²) in [7, 11) is 0. The molecule has 31 heavy (non-hydrogen) atoms. The van der Waals surface area contributed by atoms with E-state index in [4.69, 9.17) is 27.9 Å². The number of anilines is 1. The first kappa shape index (κ1) is 22.6. The highest BCUT2D eigenvalue weighted by Gasteiger charge is 2.10. The molecule has 0 heterocycles. The summed E-state index contributed by atoms with van der Waals surface area (Å²) in [5.74, 6) is -0.0692. The predicted molar refractivity (Wildman–Crippen MR) is 126 cm³/mol. The number of amides is 1. The van der Waals surface area contributed by atoms with Crippen LogP contribution in [0.2, 0.25) is 10.0 Å². The Morgan fingerprint density at radius 2 is 1.61 bits per heavy atom. The number of nitrogens with one attached hydrogen (secondary N) is 1. The predicted octanol–water partition coefficient (Wildman–Crippen LogP) is 6.99. The molecular formula is C25H21Cl2NO3. The molecule has 0 bridgehead atoms. The molecule has 4 nitrogen and oxygen atoms in total. The summed E-state index contributed by atoms with van der Waals surface area (Å²) >= 11 is 12.0. The Kier molecular flexibility index (Phi) is 7.50. The zero-order chi connectivity index (χ0) is 22.4. The summed E-state index contributed by atoms with van der Waals surface area (Å²) in [6.07, 6.45) is 3.06. The Balaban J connectivity index is 1.58. The van der Waals surface area contributed by atoms with Gasteiger partial charge in [0.1, 0.15) is 5.75 Å². The molecule has 0 fully saturated rings. The Labute approximate surface area is 191 Å². The first-order valence-corrected chi connectivity index (χ1v) is 10.4. The van der Waals surface area contributed by atoms with E-state index in [1.807, 2.05) is 24.3 Å². The monoisotopic (exact) mass is 453 g/mol. The second-order valence-corrected chi connectivity index (χ2v) is 8.02. The largest absolute Gasteiger partial charge is 0.423 e. The summed E-state index contributed by atoms with van der Waals surface area (Å²) < 4.78 is 5.29. The molecule has 6 heteroatoms. The van der Waals surface area contributed by atoms with Crippen LogP contribution < -0.4 is 10.1 Å². The molecule has 158 valence electrons. The van der Waals surface area contributed by atoms with Crippen molar-refractivity contribution in [2.75, 3.05) is 5.32 Å². The number of hydrogen-bond acceptors (Lipinski definition) is 3. The quantitative estimate of drug-likeness (QED) is 0.248. The van der Waals surface area contributed by atoms with Crippen LogP contribution in [0.3, 0.4) is 0 Å². The van der Waals surface area contributed by atoms with E-state index in [1.165, 1.54) is 11.6 Å². The molecule has 0 spiro atoms. The molecule has 0 aliphatic rings. The van der Waals surface area contributed by atoms with Gasteiger partial charge in [0, 0.05) is 16.7 Å². The van der Waals surface area contributed by atoms with Crippen molar-refractivity contribution >= 4 is 46.8 Å². The molecule has 0 saturated carbocycles. The summed E-state index contributed by atoms with van der Waals surface area (Å²) in [4.78, 5) is 24.5. The van der Waals surface area contributed by atoms with Crippen molar-refractivity contribution < 1.29 is 14.3 Å². The number of halogens is 2. The minimum atomic E-state index is -0.504. The Bertz CT molecular complexity index is 1100. The highest BCUT2D eigenvalue weighted by molar-refractivity contribution is 6.35. The van der Waals surface area contributed by atoms with Gasteiger partial charge in [0.2, 0.25) is 0 Å². The lowest BCUT2D eigenvalue weighted by atomic mass is 10.0. The van der Waals surface area contributed by atoms with Crippen molar-refractivity contribution in [2.45, 2.75) is 19.8 Å². The van der Waals surface area contributed by atoms with Gasteiger partial charge in [0.25, 0.3) is 5.91 Å². The number of carbonyl (C=O) groups excluding carboxylic acids is 2. The molecule has 0 saturated heterocycles. The van der Waals surface area contributed by atoms with Gasteiger partial charge in [-0.3, -0.25) is 4.79 Å². The van der Waals surface area contributed by atoms with Crippen LogP contribution in [0.1, 0.15) is 41.3 Å². The molecule has 0 atom stereocenters. The molecule has 0 aliphatic heterocycles. The molecule has 1 amide bonds. The van der Waals surface area contributed by atoms with E-state index in [9.17, 15) is 9.59 Å². The van der Waals surface area contributed by atoms with E-state index in [2.05, 4.69) is 19.2 Å². The summed E-state index contributed by atoms with van der Waals surface area (Å²) in [5.41, 5.74) is 2.95. The van der Waals surface area contributed by atoms with Crippen molar-refractivity contribution in [3.8, 4) is 5.75 Å². The third-order valence-electron chi connectivity index (χ3n) is 4.53. The third kappa shape index (κ3) is 6.45. The Hall–Kier alpha value is -3.08. The standard InChI is InChI=1S/C25H21Cl2NO3/c1-16(2)18-6-3-17(4-7-18)5-14-24(29)31-21-11-8-19(9-12-21)25(30)28-23-15-20(26)10-13-22(23)27/h3-16H,1-2H3,(H,28,30)/b14-5+. The fourth-order valence-electron chi connectivity index (χ4n) is 2.77. The fraction of sp³-hybridized carbons (Fsp3) is 0.120. The van der Waals surface area contributed by atoms with Crippen molar-refractivity contribution in [1.82, 2.24) is 0 Å². The van der Waals surface area contributed by atoms with Gasteiger partial charge in [-0.15, -0.1) is 0 Å². The average molecular weight is 454 g/mol. The van der Waals surface area contributed by atoms with Crippen molar-refractivity contribution in [1.29, 1.82) is 0 Å². The molecule has 0 aromatic heterocycles. The SMILES string of the molecule is CC(C)c1ccc(/C=C/C(=O)Oc2ccc(C(=O)Nc3cc(Cl)ccc3Cl)cc2)cc1. The van der Waals surface area contributed by atoms with Gasteiger partial charge in [-0.1, -0.05) is 61.3 Å². The molecule has 0 unspecified atom stereocenters. The van der Waals surface area contributed by atoms with Gasteiger partial charge in [0.05, 0.1) is 10.7 Å². The van der Waals surface area contributed by atoms with E-state index in [0.717, 1.165) is 5.56 Å². The van der Waals surface area contributed by atoms with Gasteiger partial charge in [-0.25, -0.2) is 4.79 Å². The molecule has 0 aliphatic carbocycles. The molecule has 1 N–H and O–H groups in total. The highest BCUT2D eigenvalue weighted by atomic mass is 35.5. The van der Waals surface area contributed by atoms with Crippen LogP contribution in [-0.4, -0.2) is 11.9 Å². The normalized spacial score (nSPS) is 11.0. The fourth-order valence-corrected chi connectivity index (χ4v) is 3.11. The van der Waals surface area contributed by atoms with Crippen LogP contribution in [0.4, 0.5) is 5.69 Å². The van der Waals surface area contributed by atoms with Gasteiger partial charge in [0.15, 0.2) is 0 Å². The number of esters is 1. The highest BCUT2D eigenvalue weighted by Crippen LogP contribution is 2.26. The van der Waals surface area contributed by atoms with Crippen LogP contribution >= 0.6 is 23.2 Å². The molecule has 3 aromatic rings. The second-order valence-electron chi connectivity index (χ2n) is 7.18. The maximum Gasteiger partial charge on any atom is 0.336 e. The average Bonchev–Trinajstić information content (AvgIpc) is 2.75. The number of rotatable bonds is 6. The zero-order valence-corrected chi connectivity index (χ0v) is 18.6. The number of carbonyl (C=O) groups is 2. The van der Waals surface area contributed by atoms with Crippen LogP contribution in [0.15, 0.2) is 72.8 Å². The topological polar surface area (TPSA) is 55.4 Å². The molecule has 3 rings (SSSR count). The minimum Gasteiger partial charge on any atom is -0.423 e. The van der Waals surface area contributed by atoms with Gasteiger partial charge < -0.3 is 10.1 Å². The minimum absolute atomic E-state index is 0.335. The van der Waals surface area contributed by atoms with E-state index in [1.54, 1.807) is 48.5 Å². The third-order valence-corrected chi connectivity index (χ3v) is 5.09. The summed E-state index contributed by atoms with van der Waals surface area (Å²) in [6.45, 7) is 4.26. The van der Waals surface area contributed by atoms with Gasteiger partial charge in [-0.2, -0.15) is 0 Å². The maximum atomic E-state index is 12.4. The van der Waals surface area contributed by atoms with Crippen LogP contribution in [-0.2, 0) is 4.79 Å². The summed E-state index contributed by atoms with van der Waals surface area (Å²) in [5, 5.41) is 3.55. The van der Waals surface area contributed by atoms with E-state index < -0.39 is 5.97 Å². The lowest BCUT2D eigenvalue weighted by Gasteiger charge is -2.08. The van der Waals surface area contributed by atoms with Gasteiger partial charge >= 0.3 is 5.97 Å². The van der Waals surface area contributed by atoms with Gasteiger partial charge in [-0.05, 0) is 65.6 Å². The summed E-state index contributed by atoms with van der Waals surface area (Å²) in [6, 6.07) is 19.0. The number of hydrogen-bond donors (Lipinski definition) is 1. The molecule has 0 radical (unpaired) electrons. The van der Waals surface area contributed by atoms with E-state index in [0.29, 0.717) is 33.0 Å². The van der Waals surface area contributed by atoms with Crippen LogP contribution in [0.25, 0.3) is 6.08 Å². The van der Waals surface area contributed by atoms with Crippen molar-refractivity contribution in [3.63, 3.8) is 0 Å². The maximum absolute atomic E-state index is 12.4. The zero-order valence-electron chi connectivity index (χ0n) is 17.1.